The summed E-state index contributed by atoms with van der Waals surface area (Å²) in [5, 5.41) is 9.64. The van der Waals surface area contributed by atoms with Crippen LogP contribution in [0.1, 0.15) is 23.7 Å². The van der Waals surface area contributed by atoms with Crippen molar-refractivity contribution in [3.63, 3.8) is 0 Å². The molecular weight excluding hydrogens is 256 g/mol. The first-order chi connectivity index (χ1) is 6.95. The second-order valence-corrected chi connectivity index (χ2v) is 5.49. The minimum Gasteiger partial charge on any atom is -0.388 e. The minimum atomic E-state index is -1.42. The second kappa shape index (κ2) is 5.37. The first-order valence-electron chi connectivity index (χ1n) is 4.50. The maximum absolute atomic E-state index is 9.64. The third-order valence-corrected chi connectivity index (χ3v) is 2.72. The van der Waals surface area contributed by atoms with Crippen molar-refractivity contribution in [3.05, 3.63) is 35.4 Å². The molecule has 2 nitrogen and oxygen atoms in total. The number of alkyl halides is 3. The zero-order valence-electron chi connectivity index (χ0n) is 7.96. The van der Waals surface area contributed by atoms with E-state index >= 15 is 0 Å². The van der Waals surface area contributed by atoms with E-state index in [9.17, 15) is 5.11 Å². The van der Waals surface area contributed by atoms with Gasteiger partial charge in [0.05, 0.1) is 6.10 Å². The quantitative estimate of drug-likeness (QED) is 0.828. The van der Waals surface area contributed by atoms with Crippen molar-refractivity contribution in [1.29, 1.82) is 0 Å². The maximum atomic E-state index is 9.64. The van der Waals surface area contributed by atoms with Crippen LogP contribution in [0.2, 0.25) is 0 Å². The molecule has 3 N–H and O–H groups in total. The molecule has 15 heavy (non-hydrogen) atoms. The van der Waals surface area contributed by atoms with E-state index in [0.717, 1.165) is 5.56 Å². The van der Waals surface area contributed by atoms with E-state index in [1.54, 1.807) is 24.3 Å². The molecule has 0 radical (unpaired) electrons. The molecule has 0 saturated carbocycles. The van der Waals surface area contributed by atoms with Crippen LogP contribution in [-0.4, -0.2) is 11.7 Å². The minimum absolute atomic E-state index is 0.438. The molecule has 1 atom stereocenters. The fraction of sp³-hybridized carbons (Fsp3) is 0.400. The molecule has 0 heterocycles. The van der Waals surface area contributed by atoms with E-state index in [1.807, 2.05) is 0 Å². The second-order valence-electron chi connectivity index (χ2n) is 3.21. The van der Waals surface area contributed by atoms with Gasteiger partial charge in [0.15, 0.2) is 0 Å². The van der Waals surface area contributed by atoms with Crippen LogP contribution >= 0.6 is 34.8 Å². The Morgan fingerprint density at radius 1 is 1.20 bits per heavy atom. The molecule has 1 aromatic carbocycles. The summed E-state index contributed by atoms with van der Waals surface area (Å²) in [4.78, 5) is 0. The van der Waals surface area contributed by atoms with Gasteiger partial charge in [0.2, 0.25) is 3.79 Å². The molecule has 1 aromatic rings. The molecule has 1 rings (SSSR count). The van der Waals surface area contributed by atoms with Gasteiger partial charge in [-0.15, -0.1) is 0 Å². The summed E-state index contributed by atoms with van der Waals surface area (Å²) in [6.45, 7) is 0.438. The van der Waals surface area contributed by atoms with Crippen LogP contribution in [0.3, 0.4) is 0 Å². The van der Waals surface area contributed by atoms with Crippen LogP contribution in [-0.2, 0) is 3.79 Å². The number of hydrogen-bond acceptors (Lipinski definition) is 2. The predicted octanol–water partition coefficient (Wildman–Crippen LogP) is 2.90. The highest BCUT2D eigenvalue weighted by atomic mass is 35.6. The third-order valence-electron chi connectivity index (χ3n) is 2.06. The number of benzene rings is 1. The van der Waals surface area contributed by atoms with Gasteiger partial charge in [-0.2, -0.15) is 0 Å². The van der Waals surface area contributed by atoms with Crippen molar-refractivity contribution in [2.75, 3.05) is 6.54 Å². The average molecular weight is 269 g/mol. The van der Waals surface area contributed by atoms with Gasteiger partial charge in [0.25, 0.3) is 0 Å². The van der Waals surface area contributed by atoms with Crippen LogP contribution in [0.15, 0.2) is 24.3 Å². The normalized spacial score (nSPS) is 13.9. The van der Waals surface area contributed by atoms with E-state index < -0.39 is 9.90 Å². The lowest BCUT2D eigenvalue weighted by atomic mass is 10.1. The Bertz CT molecular complexity index is 307. The molecule has 0 amide bonds. The van der Waals surface area contributed by atoms with Crippen molar-refractivity contribution in [1.82, 2.24) is 0 Å². The molecule has 5 heteroatoms. The largest absolute Gasteiger partial charge is 0.388 e. The predicted molar refractivity (Wildman–Crippen MR) is 64.3 cm³/mol. The van der Waals surface area contributed by atoms with Gasteiger partial charge in [-0.3, -0.25) is 0 Å². The van der Waals surface area contributed by atoms with E-state index in [4.69, 9.17) is 40.5 Å². The van der Waals surface area contributed by atoms with Crippen LogP contribution in [0.5, 0.6) is 0 Å². The zero-order chi connectivity index (χ0) is 11.5. The fourth-order valence-corrected chi connectivity index (χ4v) is 1.60. The Morgan fingerprint density at radius 2 is 1.73 bits per heavy atom. The standard InChI is InChI=1S/C10H12Cl3NO/c11-10(12,13)8-3-1-7(2-4-8)9(15)5-6-14/h1-4,9,15H,5-6,14H2. The van der Waals surface area contributed by atoms with Gasteiger partial charge < -0.3 is 10.8 Å². The molecule has 0 fully saturated rings. The molecule has 84 valence electrons. The Balaban J connectivity index is 2.81. The van der Waals surface area contributed by atoms with Crippen LogP contribution in [0.4, 0.5) is 0 Å². The third kappa shape index (κ3) is 3.82. The average Bonchev–Trinajstić information content (AvgIpc) is 2.17. The Kier molecular flexibility index (Phi) is 4.68. The van der Waals surface area contributed by atoms with Crippen LogP contribution in [0, 0.1) is 0 Å². The first-order valence-corrected chi connectivity index (χ1v) is 5.64. The molecule has 1 unspecified atom stereocenters. The van der Waals surface area contributed by atoms with E-state index in [0.29, 0.717) is 18.5 Å². The summed E-state index contributed by atoms with van der Waals surface area (Å²) in [6, 6.07) is 6.83. The number of hydrogen-bond donors (Lipinski definition) is 2. The fourth-order valence-electron chi connectivity index (χ4n) is 1.22. The van der Waals surface area contributed by atoms with Gasteiger partial charge in [-0.1, -0.05) is 59.1 Å². The highest BCUT2D eigenvalue weighted by Crippen LogP contribution is 2.38. The summed E-state index contributed by atoms with van der Waals surface area (Å²) in [5.41, 5.74) is 6.70. The van der Waals surface area contributed by atoms with Gasteiger partial charge in [0.1, 0.15) is 0 Å². The lowest BCUT2D eigenvalue weighted by Gasteiger charge is -2.14. The van der Waals surface area contributed by atoms with Crippen molar-refractivity contribution in [2.24, 2.45) is 5.73 Å². The summed E-state index contributed by atoms with van der Waals surface area (Å²) in [5.74, 6) is 0. The maximum Gasteiger partial charge on any atom is 0.216 e. The van der Waals surface area contributed by atoms with Crippen LogP contribution < -0.4 is 5.73 Å². The van der Waals surface area contributed by atoms with Crippen molar-refractivity contribution < 1.29 is 5.11 Å². The monoisotopic (exact) mass is 267 g/mol. The number of aliphatic hydroxyl groups excluding tert-OH is 1. The topological polar surface area (TPSA) is 46.2 Å². The molecule has 0 spiro atoms. The van der Waals surface area contributed by atoms with E-state index in [1.165, 1.54) is 0 Å². The Hall–Kier alpha value is 0.01000. The summed E-state index contributed by atoms with van der Waals surface area (Å²) < 4.78 is -1.42. The highest BCUT2D eigenvalue weighted by Gasteiger charge is 2.22. The van der Waals surface area contributed by atoms with Gasteiger partial charge >= 0.3 is 0 Å². The SMILES string of the molecule is NCCC(O)c1ccc(C(Cl)(Cl)Cl)cc1. The zero-order valence-corrected chi connectivity index (χ0v) is 10.2. The summed E-state index contributed by atoms with van der Waals surface area (Å²) in [7, 11) is 0. The van der Waals surface area contributed by atoms with Gasteiger partial charge in [0, 0.05) is 5.56 Å². The van der Waals surface area contributed by atoms with Gasteiger partial charge in [-0.05, 0) is 18.5 Å². The van der Waals surface area contributed by atoms with Gasteiger partial charge in [-0.25, -0.2) is 0 Å². The molecular formula is C10H12Cl3NO. The molecule has 0 aliphatic carbocycles. The molecule has 0 saturated heterocycles. The highest BCUT2D eigenvalue weighted by molar-refractivity contribution is 6.66. The smallest absolute Gasteiger partial charge is 0.216 e. The lowest BCUT2D eigenvalue weighted by Crippen LogP contribution is -2.07. The summed E-state index contributed by atoms with van der Waals surface area (Å²) in [6.07, 6.45) is -0.0351. The Labute approximate surface area is 104 Å². The van der Waals surface area contributed by atoms with E-state index in [-0.39, 0.29) is 0 Å². The van der Waals surface area contributed by atoms with Crippen molar-refractivity contribution >= 4 is 34.8 Å². The molecule has 0 aromatic heterocycles. The Morgan fingerprint density at radius 3 is 2.13 bits per heavy atom. The number of halogens is 3. The molecule has 0 aliphatic heterocycles. The van der Waals surface area contributed by atoms with Crippen molar-refractivity contribution in [2.45, 2.75) is 16.3 Å². The molecule has 0 bridgehead atoms. The number of aliphatic hydroxyl groups is 1. The number of rotatable bonds is 3. The van der Waals surface area contributed by atoms with E-state index in [2.05, 4.69) is 0 Å². The lowest BCUT2D eigenvalue weighted by molar-refractivity contribution is 0.170. The first kappa shape index (κ1) is 13.1. The van der Waals surface area contributed by atoms with Crippen molar-refractivity contribution in [3.8, 4) is 0 Å². The van der Waals surface area contributed by atoms with Crippen LogP contribution in [0.25, 0.3) is 0 Å². The summed E-state index contributed by atoms with van der Waals surface area (Å²) >= 11 is 17.1. The number of nitrogens with two attached hydrogens (primary N) is 1. The molecule has 0 aliphatic rings.